The van der Waals surface area contributed by atoms with E-state index >= 15 is 0 Å². The van der Waals surface area contributed by atoms with Crippen LogP contribution in [-0.2, 0) is 21.5 Å². The number of oxazole rings is 1. The molecule has 0 aliphatic carbocycles. The summed E-state index contributed by atoms with van der Waals surface area (Å²) in [7, 11) is 0. The normalized spacial score (nSPS) is 20.2. The Balaban J connectivity index is 1.10. The quantitative estimate of drug-likeness (QED) is 0.122. The number of aliphatic hydroxyl groups excluding tert-OH is 2. The molecule has 5 heterocycles. The van der Waals surface area contributed by atoms with Crippen LogP contribution in [-0.4, -0.2) is 106 Å². The van der Waals surface area contributed by atoms with Crippen LogP contribution in [0.1, 0.15) is 43.3 Å². The number of carbonyl (C=O) groups is 2. The Morgan fingerprint density at radius 1 is 1.07 bits per heavy atom. The average molecular weight is 825 g/mol. The first-order chi connectivity index (χ1) is 27.7. The summed E-state index contributed by atoms with van der Waals surface area (Å²) in [5.41, 5.74) is 1.68. The summed E-state index contributed by atoms with van der Waals surface area (Å²) in [5.74, 6) is -0.796. The Labute approximate surface area is 337 Å². The molecule has 2 amide bonds. The number of amides is 2. The summed E-state index contributed by atoms with van der Waals surface area (Å²) in [6, 6.07) is 14.0. The summed E-state index contributed by atoms with van der Waals surface area (Å²) in [6.45, 7) is 2.55. The third-order valence-electron chi connectivity index (χ3n) is 10.8. The Kier molecular flexibility index (Phi) is 12.1. The number of nitrogens with zero attached hydrogens (tertiary/aromatic N) is 4. The molecule has 5 atom stereocenters. The molecule has 7 rings (SSSR count). The van der Waals surface area contributed by atoms with E-state index in [9.17, 15) is 33.0 Å². The first-order valence-electron chi connectivity index (χ1n) is 18.9. The molecule has 2 aromatic carbocycles. The van der Waals surface area contributed by atoms with E-state index in [1.807, 2.05) is 24.1 Å². The number of halogens is 4. The second-order valence-electron chi connectivity index (χ2n) is 15.2. The number of para-hydroxylation sites is 1. The lowest BCUT2D eigenvalue weighted by atomic mass is 9.90. The number of β-amino-alcohol motifs (C(OH)–C–C–N with tert-alkyl or cyclic N) is 1. The number of furan rings is 1. The lowest BCUT2D eigenvalue weighted by Crippen LogP contribution is -2.63. The molecule has 0 spiro atoms. The van der Waals surface area contributed by atoms with Gasteiger partial charge in [-0.2, -0.15) is 13.2 Å². The van der Waals surface area contributed by atoms with Crippen molar-refractivity contribution in [3.63, 3.8) is 0 Å². The average Bonchev–Trinajstić information content (AvgIpc) is 3.87. The van der Waals surface area contributed by atoms with Crippen molar-refractivity contribution in [2.24, 2.45) is 5.92 Å². The molecular formula is C41H44ClF3N6O7. The molecule has 13 nitrogen and oxygen atoms in total. The van der Waals surface area contributed by atoms with Crippen molar-refractivity contribution < 1.29 is 46.5 Å². The number of rotatable bonds is 13. The number of pyridine rings is 1. The molecular weight excluding hydrogens is 781 g/mol. The smallest absolute Gasteiger partial charge is 0.405 e. The van der Waals surface area contributed by atoms with Crippen LogP contribution in [0, 0.1) is 5.92 Å². The summed E-state index contributed by atoms with van der Waals surface area (Å²) in [5, 5.41) is 28.9. The van der Waals surface area contributed by atoms with E-state index in [0.717, 1.165) is 10.9 Å². The second kappa shape index (κ2) is 17.1. The topological polar surface area (TPSA) is 166 Å². The van der Waals surface area contributed by atoms with Gasteiger partial charge in [0.15, 0.2) is 11.3 Å². The first-order valence-corrected chi connectivity index (χ1v) is 19.3. The van der Waals surface area contributed by atoms with Gasteiger partial charge in [0.05, 0.1) is 36.3 Å². The fourth-order valence-electron chi connectivity index (χ4n) is 7.65. The van der Waals surface area contributed by atoms with Crippen molar-refractivity contribution >= 4 is 34.4 Å². The van der Waals surface area contributed by atoms with Gasteiger partial charge in [0.1, 0.15) is 31.0 Å². The summed E-state index contributed by atoms with van der Waals surface area (Å²) in [6.07, 6.45) is -0.547. The second-order valence-corrected chi connectivity index (χ2v) is 15.6. The molecule has 1 fully saturated rings. The number of hydrogen-bond acceptors (Lipinski definition) is 11. The number of ether oxygens (including phenoxy) is 1. The van der Waals surface area contributed by atoms with E-state index in [1.165, 1.54) is 6.26 Å². The van der Waals surface area contributed by atoms with E-state index < -0.39 is 60.3 Å². The number of carbonyl (C=O) groups excluding carboxylic acids is 2. The zero-order valence-corrected chi connectivity index (χ0v) is 32.5. The lowest BCUT2D eigenvalue weighted by Gasteiger charge is -2.46. The van der Waals surface area contributed by atoms with Gasteiger partial charge in [0, 0.05) is 59.8 Å². The minimum Gasteiger partial charge on any atom is -0.490 e. The van der Waals surface area contributed by atoms with E-state index in [1.54, 1.807) is 78.1 Å². The standard InChI is InChI=1S/C41H44ClF3N6O7/c1-40(2,39-47-18-34(58-39)24-7-9-27(42)10-8-24)51-14-13-50(31(20-51)38(55)48-23-41(43,44)45)19-28(52)16-25(15-26-21-56-35-17-46-12-11-29(26)35)37(54)49-36-30-5-3-4-6-33(30)57-22-32(36)53/h3-12,17-18,21,25,28,31-32,36,52-53H,13-16,19-20,22-23H2,1-2H3,(H,48,55)(H,49,54)/t25-,28-,31?,32+,36-/m0/s1. The number of nitrogens with one attached hydrogen (secondary N) is 2. The van der Waals surface area contributed by atoms with Crippen LogP contribution in [0.3, 0.4) is 0 Å². The molecule has 1 saturated heterocycles. The van der Waals surface area contributed by atoms with Gasteiger partial charge in [0.2, 0.25) is 17.7 Å². The fourth-order valence-corrected chi connectivity index (χ4v) is 7.78. The molecule has 2 aliphatic heterocycles. The number of hydrogen-bond donors (Lipinski definition) is 4. The predicted molar refractivity (Wildman–Crippen MR) is 207 cm³/mol. The van der Waals surface area contributed by atoms with Crippen molar-refractivity contribution in [2.75, 3.05) is 39.3 Å². The third-order valence-corrected chi connectivity index (χ3v) is 11.1. The van der Waals surface area contributed by atoms with Gasteiger partial charge < -0.3 is 34.4 Å². The van der Waals surface area contributed by atoms with Crippen molar-refractivity contribution in [1.82, 2.24) is 30.4 Å². The minimum absolute atomic E-state index is 0.0118. The van der Waals surface area contributed by atoms with E-state index in [2.05, 4.69) is 15.3 Å². The molecule has 1 unspecified atom stereocenters. The highest BCUT2D eigenvalue weighted by atomic mass is 35.5. The number of fused-ring (bicyclic) bond motifs is 2. The largest absolute Gasteiger partial charge is 0.490 e. The Bertz CT molecular complexity index is 2210. The maximum Gasteiger partial charge on any atom is 0.405 e. The maximum absolute atomic E-state index is 14.2. The first kappa shape index (κ1) is 41.2. The molecule has 58 heavy (non-hydrogen) atoms. The highest BCUT2D eigenvalue weighted by Gasteiger charge is 2.43. The monoisotopic (exact) mass is 824 g/mol. The zero-order valence-electron chi connectivity index (χ0n) is 31.8. The zero-order chi connectivity index (χ0) is 41.2. The SMILES string of the molecule is CC(C)(c1ncc(-c2ccc(Cl)cc2)o1)N1CCN(C[C@@H](O)C[C@H](Cc2coc3cnccc23)C(=O)N[C@H]2c3ccccc3OC[C@H]2O)C(C(=O)NCC(F)(F)F)C1. The number of benzene rings is 2. The maximum atomic E-state index is 14.2. The summed E-state index contributed by atoms with van der Waals surface area (Å²) >= 11 is 6.05. The molecule has 308 valence electrons. The fraction of sp³-hybridized carbons (Fsp3) is 0.415. The highest BCUT2D eigenvalue weighted by Crippen LogP contribution is 2.35. The Hall–Kier alpha value is -5.00. The van der Waals surface area contributed by atoms with Gasteiger partial charge >= 0.3 is 6.18 Å². The summed E-state index contributed by atoms with van der Waals surface area (Å²) in [4.78, 5) is 39.9. The van der Waals surface area contributed by atoms with Gasteiger partial charge in [-0.1, -0.05) is 29.8 Å². The molecule has 0 saturated carbocycles. The van der Waals surface area contributed by atoms with Gasteiger partial charge in [-0.05, 0) is 68.7 Å². The van der Waals surface area contributed by atoms with E-state index in [-0.39, 0.29) is 39.1 Å². The number of aromatic nitrogens is 2. The molecule has 0 bridgehead atoms. The van der Waals surface area contributed by atoms with Gasteiger partial charge in [0.25, 0.3) is 0 Å². The van der Waals surface area contributed by atoms with Crippen LogP contribution in [0.2, 0.25) is 5.02 Å². The number of aliphatic hydroxyl groups is 2. The van der Waals surface area contributed by atoms with Crippen LogP contribution in [0.25, 0.3) is 22.3 Å². The van der Waals surface area contributed by atoms with Gasteiger partial charge in [-0.15, -0.1) is 0 Å². The summed E-state index contributed by atoms with van der Waals surface area (Å²) < 4.78 is 57.4. The molecule has 2 aliphatic rings. The molecule has 5 aromatic rings. The van der Waals surface area contributed by atoms with Crippen molar-refractivity contribution in [2.45, 2.75) is 62.7 Å². The van der Waals surface area contributed by atoms with Crippen LogP contribution >= 0.6 is 11.6 Å². The van der Waals surface area contributed by atoms with Crippen LogP contribution in [0.15, 0.2) is 88.3 Å². The van der Waals surface area contributed by atoms with Crippen LogP contribution in [0.5, 0.6) is 5.75 Å². The van der Waals surface area contributed by atoms with Crippen LogP contribution in [0.4, 0.5) is 13.2 Å². The van der Waals surface area contributed by atoms with Crippen molar-refractivity contribution in [3.8, 4) is 17.1 Å². The lowest BCUT2D eigenvalue weighted by molar-refractivity contribution is -0.144. The van der Waals surface area contributed by atoms with E-state index in [0.29, 0.717) is 45.7 Å². The third kappa shape index (κ3) is 9.31. The number of alkyl halides is 3. The Morgan fingerprint density at radius 3 is 2.62 bits per heavy atom. The highest BCUT2D eigenvalue weighted by molar-refractivity contribution is 6.30. The molecule has 0 radical (unpaired) electrons. The number of piperazine rings is 1. The molecule has 17 heteroatoms. The van der Waals surface area contributed by atoms with Gasteiger partial charge in [-0.3, -0.25) is 24.4 Å². The Morgan fingerprint density at radius 2 is 1.84 bits per heavy atom. The van der Waals surface area contributed by atoms with Gasteiger partial charge in [-0.25, -0.2) is 4.98 Å². The van der Waals surface area contributed by atoms with Crippen LogP contribution < -0.4 is 15.4 Å². The molecule has 3 aromatic heterocycles. The minimum atomic E-state index is -4.64. The van der Waals surface area contributed by atoms with Crippen molar-refractivity contribution in [1.29, 1.82) is 0 Å². The molecule has 4 N–H and O–H groups in total. The van der Waals surface area contributed by atoms with Crippen molar-refractivity contribution in [3.05, 3.63) is 101 Å². The predicted octanol–water partition coefficient (Wildman–Crippen LogP) is 5.26. The van der Waals surface area contributed by atoms with E-state index in [4.69, 9.17) is 25.2 Å².